The molecule has 0 bridgehead atoms. The lowest BCUT2D eigenvalue weighted by Crippen LogP contribution is -2.31. The second kappa shape index (κ2) is 8.71. The lowest BCUT2D eigenvalue weighted by Gasteiger charge is -2.16. The van der Waals surface area contributed by atoms with Gasteiger partial charge >= 0.3 is 6.03 Å². The third-order valence-corrected chi connectivity index (χ3v) is 5.31. The van der Waals surface area contributed by atoms with Gasteiger partial charge in [-0.2, -0.15) is 0 Å². The van der Waals surface area contributed by atoms with E-state index in [4.69, 9.17) is 0 Å². The van der Waals surface area contributed by atoms with Gasteiger partial charge in [0.25, 0.3) is 0 Å². The summed E-state index contributed by atoms with van der Waals surface area (Å²) in [5.74, 6) is -2.09. The van der Waals surface area contributed by atoms with Crippen LogP contribution in [0, 0.1) is 17.5 Å². The van der Waals surface area contributed by atoms with Crippen molar-refractivity contribution in [2.24, 2.45) is 0 Å². The Morgan fingerprint density at radius 1 is 0.968 bits per heavy atom. The molecule has 2 heterocycles. The highest BCUT2D eigenvalue weighted by atomic mass is 19.1. The number of nitrogens with one attached hydrogen (secondary N) is 2. The first-order valence-electron chi connectivity index (χ1n) is 9.95. The highest BCUT2D eigenvalue weighted by Gasteiger charge is 2.20. The molecule has 0 atom stereocenters. The van der Waals surface area contributed by atoms with Gasteiger partial charge in [-0.15, -0.1) is 0 Å². The number of likely N-dealkylation sites (tertiary alicyclic amines) is 1. The maximum Gasteiger partial charge on any atom is 0.319 e. The van der Waals surface area contributed by atoms with Crippen LogP contribution in [0.5, 0.6) is 0 Å². The molecule has 9 heteroatoms. The molecule has 1 saturated heterocycles. The fourth-order valence-electron chi connectivity index (χ4n) is 3.76. The Balaban J connectivity index is 1.49. The number of amides is 3. The number of carbonyl (C=O) groups excluding carboxylic acids is 2. The SMILES string of the molecule is O=C(NCc1cn(CC(=O)N2CCCC2)c2ccc(F)cc12)Nc1ccc(F)cc1F. The number of nitrogens with zero attached hydrogens (tertiary/aromatic N) is 2. The van der Waals surface area contributed by atoms with E-state index in [1.165, 1.54) is 12.1 Å². The number of benzene rings is 2. The smallest absolute Gasteiger partial charge is 0.319 e. The van der Waals surface area contributed by atoms with E-state index in [1.807, 2.05) is 0 Å². The number of urea groups is 1. The topological polar surface area (TPSA) is 66.4 Å². The Bertz CT molecular complexity index is 1140. The molecule has 0 aliphatic carbocycles. The minimum absolute atomic E-state index is 0.0113. The Morgan fingerprint density at radius 3 is 2.42 bits per heavy atom. The monoisotopic (exact) mass is 430 g/mol. The van der Waals surface area contributed by atoms with Crippen LogP contribution in [0.2, 0.25) is 0 Å². The Hall–Kier alpha value is -3.49. The molecular weight excluding hydrogens is 409 g/mol. The van der Waals surface area contributed by atoms with Gasteiger partial charge < -0.3 is 20.1 Å². The van der Waals surface area contributed by atoms with E-state index in [0.717, 1.165) is 38.1 Å². The summed E-state index contributed by atoms with van der Waals surface area (Å²) in [6.45, 7) is 1.62. The lowest BCUT2D eigenvalue weighted by atomic mass is 10.1. The minimum atomic E-state index is -0.894. The van der Waals surface area contributed by atoms with E-state index in [1.54, 1.807) is 21.7 Å². The molecule has 0 radical (unpaired) electrons. The van der Waals surface area contributed by atoms with Crippen LogP contribution in [0.3, 0.4) is 0 Å². The van der Waals surface area contributed by atoms with Gasteiger partial charge in [0.15, 0.2) is 0 Å². The zero-order chi connectivity index (χ0) is 22.0. The number of anilines is 1. The summed E-state index contributed by atoms with van der Waals surface area (Å²) in [6.07, 6.45) is 3.68. The molecule has 4 rings (SSSR count). The molecule has 6 nitrogen and oxygen atoms in total. The fourth-order valence-corrected chi connectivity index (χ4v) is 3.76. The van der Waals surface area contributed by atoms with Crippen LogP contribution in [-0.2, 0) is 17.9 Å². The fraction of sp³-hybridized carbons (Fsp3) is 0.273. The third-order valence-electron chi connectivity index (χ3n) is 5.31. The van der Waals surface area contributed by atoms with Crippen molar-refractivity contribution in [3.63, 3.8) is 0 Å². The van der Waals surface area contributed by atoms with Gasteiger partial charge in [-0.1, -0.05) is 0 Å². The van der Waals surface area contributed by atoms with Crippen molar-refractivity contribution in [1.82, 2.24) is 14.8 Å². The number of aromatic nitrogens is 1. The molecule has 0 unspecified atom stereocenters. The van der Waals surface area contributed by atoms with E-state index in [9.17, 15) is 22.8 Å². The van der Waals surface area contributed by atoms with Gasteiger partial charge in [0, 0.05) is 42.8 Å². The molecular formula is C22H21F3N4O2. The highest BCUT2D eigenvalue weighted by Crippen LogP contribution is 2.23. The van der Waals surface area contributed by atoms with Crippen LogP contribution in [0.25, 0.3) is 10.9 Å². The molecule has 0 spiro atoms. The average Bonchev–Trinajstić information content (AvgIpc) is 3.37. The molecule has 0 saturated carbocycles. The first-order valence-corrected chi connectivity index (χ1v) is 9.95. The van der Waals surface area contributed by atoms with Crippen LogP contribution < -0.4 is 10.6 Å². The third kappa shape index (κ3) is 4.65. The summed E-state index contributed by atoms with van der Waals surface area (Å²) in [6, 6.07) is 6.39. The quantitative estimate of drug-likeness (QED) is 0.643. The van der Waals surface area contributed by atoms with Crippen LogP contribution in [0.4, 0.5) is 23.7 Å². The maximum absolute atomic E-state index is 13.8. The molecule has 2 N–H and O–H groups in total. The average molecular weight is 430 g/mol. The molecule has 1 aromatic heterocycles. The second-order valence-corrected chi connectivity index (χ2v) is 7.46. The Morgan fingerprint density at radius 2 is 1.68 bits per heavy atom. The van der Waals surface area contributed by atoms with Gasteiger partial charge in [0.1, 0.15) is 24.0 Å². The molecule has 3 amide bonds. The Labute approximate surface area is 176 Å². The van der Waals surface area contributed by atoms with Crippen molar-refractivity contribution in [3.05, 3.63) is 65.6 Å². The van der Waals surface area contributed by atoms with Crippen molar-refractivity contribution >= 4 is 28.5 Å². The molecule has 1 aliphatic heterocycles. The van der Waals surface area contributed by atoms with Crippen LogP contribution >= 0.6 is 0 Å². The first kappa shape index (κ1) is 20.8. The predicted octanol–water partition coefficient (Wildman–Crippen LogP) is 4.00. The number of hydrogen-bond donors (Lipinski definition) is 2. The zero-order valence-corrected chi connectivity index (χ0v) is 16.6. The van der Waals surface area contributed by atoms with Gasteiger partial charge in [-0.3, -0.25) is 4.79 Å². The van der Waals surface area contributed by atoms with Gasteiger partial charge in [0.2, 0.25) is 5.91 Å². The number of halogens is 3. The second-order valence-electron chi connectivity index (χ2n) is 7.46. The van der Waals surface area contributed by atoms with E-state index in [-0.39, 0.29) is 24.7 Å². The van der Waals surface area contributed by atoms with Gasteiger partial charge in [-0.05, 0) is 48.7 Å². The minimum Gasteiger partial charge on any atom is -0.341 e. The number of fused-ring (bicyclic) bond motifs is 1. The Kier molecular flexibility index (Phi) is 5.83. The van der Waals surface area contributed by atoms with Crippen molar-refractivity contribution in [2.45, 2.75) is 25.9 Å². The van der Waals surface area contributed by atoms with Crippen molar-refractivity contribution in [2.75, 3.05) is 18.4 Å². The number of rotatable bonds is 5. The summed E-state index contributed by atoms with van der Waals surface area (Å²) in [7, 11) is 0. The summed E-state index contributed by atoms with van der Waals surface area (Å²) in [4.78, 5) is 26.5. The van der Waals surface area contributed by atoms with E-state index in [2.05, 4.69) is 10.6 Å². The van der Waals surface area contributed by atoms with Crippen molar-refractivity contribution in [3.8, 4) is 0 Å². The molecule has 2 aromatic carbocycles. The van der Waals surface area contributed by atoms with Crippen LogP contribution in [0.1, 0.15) is 18.4 Å². The van der Waals surface area contributed by atoms with E-state index in [0.29, 0.717) is 22.5 Å². The number of carbonyl (C=O) groups is 2. The zero-order valence-electron chi connectivity index (χ0n) is 16.6. The van der Waals surface area contributed by atoms with Crippen molar-refractivity contribution < 1.29 is 22.8 Å². The summed E-state index contributed by atoms with van der Waals surface area (Å²) < 4.78 is 42.3. The van der Waals surface area contributed by atoms with Crippen molar-refractivity contribution in [1.29, 1.82) is 0 Å². The highest BCUT2D eigenvalue weighted by molar-refractivity contribution is 5.90. The number of hydrogen-bond acceptors (Lipinski definition) is 2. The lowest BCUT2D eigenvalue weighted by molar-refractivity contribution is -0.130. The standard InChI is InChI=1S/C22H21F3N4O2/c23-15-4-6-20-17(9-15)14(12-29(20)13-21(30)28-7-1-2-8-28)11-26-22(31)27-19-5-3-16(24)10-18(19)25/h3-6,9-10,12H,1-2,7-8,11,13H2,(H2,26,27,31). The molecule has 1 fully saturated rings. The normalized spacial score (nSPS) is 13.6. The molecule has 31 heavy (non-hydrogen) atoms. The first-order chi connectivity index (χ1) is 14.9. The maximum atomic E-state index is 13.8. The summed E-state index contributed by atoms with van der Waals surface area (Å²) in [5.41, 5.74) is 1.12. The predicted molar refractivity (Wildman–Crippen MR) is 110 cm³/mol. The summed E-state index contributed by atoms with van der Waals surface area (Å²) >= 11 is 0. The van der Waals surface area contributed by atoms with Gasteiger partial charge in [0.05, 0.1) is 5.69 Å². The van der Waals surface area contributed by atoms with E-state index >= 15 is 0 Å². The summed E-state index contributed by atoms with van der Waals surface area (Å²) in [5, 5.41) is 5.46. The largest absolute Gasteiger partial charge is 0.341 e. The molecule has 1 aliphatic rings. The van der Waals surface area contributed by atoms with Crippen LogP contribution in [-0.4, -0.2) is 34.5 Å². The molecule has 162 valence electrons. The van der Waals surface area contributed by atoms with E-state index < -0.39 is 23.5 Å². The molecule has 3 aromatic rings. The van der Waals surface area contributed by atoms with Crippen LogP contribution in [0.15, 0.2) is 42.6 Å². The van der Waals surface area contributed by atoms with Gasteiger partial charge in [-0.25, -0.2) is 18.0 Å².